The van der Waals surface area contributed by atoms with Crippen LogP contribution in [0, 0.1) is 11.7 Å². The maximum absolute atomic E-state index is 13.5. The molecule has 0 aliphatic carbocycles. The first-order chi connectivity index (χ1) is 10.3. The number of para-hydroxylation sites is 1. The van der Waals surface area contributed by atoms with Crippen LogP contribution in [0.15, 0.2) is 36.5 Å². The minimum Gasteiger partial charge on any atom is -0.490 e. The number of halogens is 1. The molecular weight excluding hydrogens is 269 g/mol. The molecule has 0 spiro atoms. The zero-order valence-corrected chi connectivity index (χ0v) is 12.0. The molecule has 2 aromatic rings. The molecule has 0 amide bonds. The lowest BCUT2D eigenvalue weighted by molar-refractivity contribution is 0.122. The van der Waals surface area contributed by atoms with Gasteiger partial charge in [-0.15, -0.1) is 0 Å². The molecule has 1 unspecified atom stereocenters. The maximum atomic E-state index is 13.5. The topological polar surface area (TPSA) is 41.1 Å². The Morgan fingerprint density at radius 1 is 1.33 bits per heavy atom. The Labute approximate surface area is 123 Å². The van der Waals surface area contributed by atoms with Gasteiger partial charge in [0.25, 0.3) is 0 Å². The number of aromatic amines is 1. The van der Waals surface area contributed by atoms with Crippen molar-refractivity contribution in [3.63, 3.8) is 0 Å². The molecule has 0 saturated carbocycles. The van der Waals surface area contributed by atoms with Gasteiger partial charge >= 0.3 is 0 Å². The van der Waals surface area contributed by atoms with Crippen molar-refractivity contribution in [3.8, 4) is 5.75 Å². The van der Waals surface area contributed by atoms with Crippen molar-refractivity contribution in [1.82, 2.24) is 15.1 Å². The number of ether oxygens (including phenoxy) is 1. The van der Waals surface area contributed by atoms with Crippen LogP contribution in [-0.4, -0.2) is 34.8 Å². The molecule has 1 aliphatic heterocycles. The number of likely N-dealkylation sites (tertiary alicyclic amines) is 1. The lowest BCUT2D eigenvalue weighted by Gasteiger charge is -2.32. The van der Waals surface area contributed by atoms with Crippen LogP contribution in [0.4, 0.5) is 4.39 Å². The first kappa shape index (κ1) is 14.1. The van der Waals surface area contributed by atoms with E-state index in [0.29, 0.717) is 18.3 Å². The fraction of sp³-hybridized carbons (Fsp3) is 0.438. The molecule has 1 saturated heterocycles. The van der Waals surface area contributed by atoms with E-state index in [4.69, 9.17) is 4.74 Å². The summed E-state index contributed by atoms with van der Waals surface area (Å²) in [4.78, 5) is 2.40. The minimum absolute atomic E-state index is 0.289. The van der Waals surface area contributed by atoms with Gasteiger partial charge in [-0.05, 0) is 37.6 Å². The summed E-state index contributed by atoms with van der Waals surface area (Å²) in [5.41, 5.74) is 1.13. The fourth-order valence-electron chi connectivity index (χ4n) is 2.81. The monoisotopic (exact) mass is 289 g/mol. The van der Waals surface area contributed by atoms with Gasteiger partial charge in [-0.3, -0.25) is 10.00 Å². The molecule has 1 aromatic carbocycles. The normalized spacial score (nSPS) is 19.6. The van der Waals surface area contributed by atoms with Crippen LogP contribution in [0.2, 0.25) is 0 Å². The van der Waals surface area contributed by atoms with Crippen molar-refractivity contribution in [1.29, 1.82) is 0 Å². The molecule has 0 radical (unpaired) electrons. The van der Waals surface area contributed by atoms with Crippen molar-refractivity contribution in [2.45, 2.75) is 19.4 Å². The van der Waals surface area contributed by atoms with Crippen molar-refractivity contribution in [2.24, 2.45) is 5.92 Å². The summed E-state index contributed by atoms with van der Waals surface area (Å²) < 4.78 is 19.2. The summed E-state index contributed by atoms with van der Waals surface area (Å²) in [5, 5.41) is 6.97. The zero-order valence-electron chi connectivity index (χ0n) is 12.0. The van der Waals surface area contributed by atoms with E-state index in [2.05, 4.69) is 15.1 Å². The predicted octanol–water partition coefficient (Wildman–Crippen LogP) is 2.84. The predicted molar refractivity (Wildman–Crippen MR) is 78.5 cm³/mol. The standard InChI is InChI=1S/C16H20FN3O/c17-15-5-1-2-6-16(15)21-12-13-4-3-9-20(10-13)11-14-7-8-18-19-14/h1-2,5-8,13H,3-4,9-12H2,(H,18,19). The molecule has 2 heterocycles. The molecule has 5 heteroatoms. The molecule has 3 rings (SSSR count). The van der Waals surface area contributed by atoms with Crippen LogP contribution >= 0.6 is 0 Å². The Hall–Kier alpha value is -1.88. The third kappa shape index (κ3) is 3.82. The number of benzene rings is 1. The van der Waals surface area contributed by atoms with E-state index < -0.39 is 0 Å². The summed E-state index contributed by atoms with van der Waals surface area (Å²) in [6.45, 7) is 3.53. The molecule has 112 valence electrons. The van der Waals surface area contributed by atoms with Crippen LogP contribution in [0.25, 0.3) is 0 Å². The van der Waals surface area contributed by atoms with Gasteiger partial charge in [0.15, 0.2) is 11.6 Å². The van der Waals surface area contributed by atoms with Gasteiger partial charge in [0, 0.05) is 30.9 Å². The number of hydrogen-bond donors (Lipinski definition) is 1. The lowest BCUT2D eigenvalue weighted by Crippen LogP contribution is -2.37. The van der Waals surface area contributed by atoms with E-state index in [1.165, 1.54) is 6.07 Å². The highest BCUT2D eigenvalue weighted by Gasteiger charge is 2.21. The van der Waals surface area contributed by atoms with Crippen LogP contribution in [0.3, 0.4) is 0 Å². The second-order valence-corrected chi connectivity index (χ2v) is 5.57. The molecule has 1 atom stereocenters. The summed E-state index contributed by atoms with van der Waals surface area (Å²) in [6.07, 6.45) is 4.06. The molecule has 0 bridgehead atoms. The smallest absolute Gasteiger partial charge is 0.165 e. The molecule has 1 aromatic heterocycles. The SMILES string of the molecule is Fc1ccccc1OCC1CCCN(Cc2ccn[nH]2)C1. The highest BCUT2D eigenvalue weighted by molar-refractivity contribution is 5.23. The van der Waals surface area contributed by atoms with Crippen molar-refractivity contribution in [2.75, 3.05) is 19.7 Å². The maximum Gasteiger partial charge on any atom is 0.165 e. The number of nitrogens with zero attached hydrogens (tertiary/aromatic N) is 2. The van der Waals surface area contributed by atoms with Crippen LogP contribution in [-0.2, 0) is 6.54 Å². The van der Waals surface area contributed by atoms with Crippen molar-refractivity contribution < 1.29 is 9.13 Å². The fourth-order valence-corrected chi connectivity index (χ4v) is 2.81. The average Bonchev–Trinajstić information content (AvgIpc) is 3.00. The summed E-state index contributed by atoms with van der Waals surface area (Å²) >= 11 is 0. The Bertz CT molecular complexity index is 558. The number of aromatic nitrogens is 2. The van der Waals surface area contributed by atoms with E-state index in [-0.39, 0.29) is 5.82 Å². The number of piperidine rings is 1. The van der Waals surface area contributed by atoms with Gasteiger partial charge < -0.3 is 4.74 Å². The summed E-state index contributed by atoms with van der Waals surface area (Å²) in [7, 11) is 0. The molecule has 4 nitrogen and oxygen atoms in total. The highest BCUT2D eigenvalue weighted by Crippen LogP contribution is 2.21. The Morgan fingerprint density at radius 2 is 2.24 bits per heavy atom. The summed E-state index contributed by atoms with van der Waals surface area (Å²) in [5.74, 6) is 0.507. The average molecular weight is 289 g/mol. The van der Waals surface area contributed by atoms with Crippen molar-refractivity contribution in [3.05, 3.63) is 48.0 Å². The number of rotatable bonds is 5. The first-order valence-corrected chi connectivity index (χ1v) is 7.39. The van der Waals surface area contributed by atoms with Crippen LogP contribution in [0.5, 0.6) is 5.75 Å². The van der Waals surface area contributed by atoms with Gasteiger partial charge in [-0.1, -0.05) is 12.1 Å². The molecule has 21 heavy (non-hydrogen) atoms. The van der Waals surface area contributed by atoms with Gasteiger partial charge in [-0.2, -0.15) is 5.10 Å². The second kappa shape index (κ2) is 6.72. The Balaban J connectivity index is 1.51. The molecular formula is C16H20FN3O. The lowest BCUT2D eigenvalue weighted by atomic mass is 9.99. The second-order valence-electron chi connectivity index (χ2n) is 5.57. The zero-order chi connectivity index (χ0) is 14.5. The van der Waals surface area contributed by atoms with E-state index in [1.807, 2.05) is 6.07 Å². The van der Waals surface area contributed by atoms with Gasteiger partial charge in [0.1, 0.15) is 0 Å². The van der Waals surface area contributed by atoms with Gasteiger partial charge in [0.05, 0.1) is 6.61 Å². The number of nitrogens with one attached hydrogen (secondary N) is 1. The van der Waals surface area contributed by atoms with E-state index in [1.54, 1.807) is 24.4 Å². The molecule has 1 fully saturated rings. The first-order valence-electron chi connectivity index (χ1n) is 7.39. The largest absolute Gasteiger partial charge is 0.490 e. The van der Waals surface area contributed by atoms with E-state index in [0.717, 1.165) is 38.2 Å². The third-order valence-electron chi connectivity index (χ3n) is 3.87. The Morgan fingerprint density at radius 3 is 3.05 bits per heavy atom. The van der Waals surface area contributed by atoms with Crippen LogP contribution < -0.4 is 4.74 Å². The number of H-pyrrole nitrogens is 1. The van der Waals surface area contributed by atoms with E-state index in [9.17, 15) is 4.39 Å². The Kier molecular flexibility index (Phi) is 4.50. The molecule has 1 aliphatic rings. The highest BCUT2D eigenvalue weighted by atomic mass is 19.1. The van der Waals surface area contributed by atoms with E-state index >= 15 is 0 Å². The molecule has 1 N–H and O–H groups in total. The quantitative estimate of drug-likeness (QED) is 0.920. The minimum atomic E-state index is -0.289. The van der Waals surface area contributed by atoms with Crippen LogP contribution in [0.1, 0.15) is 18.5 Å². The third-order valence-corrected chi connectivity index (χ3v) is 3.87. The number of hydrogen-bond acceptors (Lipinski definition) is 3. The van der Waals surface area contributed by atoms with Crippen molar-refractivity contribution >= 4 is 0 Å². The summed E-state index contributed by atoms with van der Waals surface area (Å²) in [6, 6.07) is 8.58. The van der Waals surface area contributed by atoms with Gasteiger partial charge in [-0.25, -0.2) is 4.39 Å². The van der Waals surface area contributed by atoms with Gasteiger partial charge in [0.2, 0.25) is 0 Å².